The largest absolute Gasteiger partial charge is 0.379 e. The number of amides is 1. The molecule has 35 heavy (non-hydrogen) atoms. The number of hydrogen-bond donors (Lipinski definition) is 1. The predicted molar refractivity (Wildman–Crippen MR) is 145 cm³/mol. The third kappa shape index (κ3) is 5.47. The van der Waals surface area contributed by atoms with E-state index in [4.69, 9.17) is 33.0 Å². The number of aromatic nitrogens is 2. The van der Waals surface area contributed by atoms with Gasteiger partial charge >= 0.3 is 0 Å². The summed E-state index contributed by atoms with van der Waals surface area (Å²) in [6.07, 6.45) is 5.86. The number of carbonyl (C=O) groups excluding carboxylic acids is 1. The molecule has 1 N–H and O–H groups in total. The molecule has 0 bridgehead atoms. The number of carbonyl (C=O) groups is 1. The Morgan fingerprint density at radius 1 is 1.06 bits per heavy atom. The Hall–Kier alpha value is -2.21. The van der Waals surface area contributed by atoms with E-state index >= 15 is 0 Å². The molecule has 182 valence electrons. The zero-order valence-electron chi connectivity index (χ0n) is 19.3. The van der Waals surface area contributed by atoms with Gasteiger partial charge in [-0.05, 0) is 66.4 Å². The van der Waals surface area contributed by atoms with Crippen molar-refractivity contribution in [2.24, 2.45) is 0 Å². The molecule has 2 heterocycles. The molecule has 2 aliphatic rings. The molecule has 0 radical (unpaired) electrons. The number of fused-ring (bicyclic) bond motifs is 1. The fraction of sp³-hybridized carbons (Fsp3) is 0.308. The number of nitrogens with zero attached hydrogens (tertiary/aromatic N) is 3. The van der Waals surface area contributed by atoms with Crippen LogP contribution in [0.2, 0.25) is 10.0 Å². The third-order valence-electron chi connectivity index (χ3n) is 6.31. The van der Waals surface area contributed by atoms with Gasteiger partial charge in [0.15, 0.2) is 5.69 Å². The third-order valence-corrected chi connectivity index (χ3v) is 7.23. The summed E-state index contributed by atoms with van der Waals surface area (Å²) >= 11 is 12.8. The van der Waals surface area contributed by atoms with E-state index in [1.54, 1.807) is 12.1 Å². The maximum Gasteiger partial charge on any atom is 0.286 e. The molecular weight excluding hydrogens is 502 g/mol. The van der Waals surface area contributed by atoms with E-state index < -0.39 is 0 Å². The van der Waals surface area contributed by atoms with Crippen molar-refractivity contribution in [1.29, 1.82) is 0 Å². The average Bonchev–Trinajstić information content (AvgIpc) is 3.10. The molecule has 1 amide bonds. The monoisotopic (exact) mass is 528 g/mol. The van der Waals surface area contributed by atoms with Crippen molar-refractivity contribution in [3.05, 3.63) is 75.0 Å². The van der Waals surface area contributed by atoms with Gasteiger partial charge in [0.05, 0.1) is 29.6 Å². The van der Waals surface area contributed by atoms with Gasteiger partial charge in [0, 0.05) is 23.7 Å². The number of rotatable bonds is 4. The van der Waals surface area contributed by atoms with Crippen molar-refractivity contribution in [1.82, 2.24) is 20.2 Å². The first kappa shape index (κ1) is 24.5. The Kier molecular flexibility index (Phi) is 7.56. The first-order valence-electron chi connectivity index (χ1n) is 11.8. The Morgan fingerprint density at radius 2 is 1.80 bits per heavy atom. The lowest BCUT2D eigenvalue weighted by Crippen LogP contribution is -2.48. The summed E-state index contributed by atoms with van der Waals surface area (Å²) in [5.41, 5.74) is 8.30. The number of allylic oxidation sites excluding steroid dienone is 1. The summed E-state index contributed by atoms with van der Waals surface area (Å²) < 4.78 is 7.23. The Bertz CT molecular complexity index is 1270. The van der Waals surface area contributed by atoms with Crippen molar-refractivity contribution in [3.63, 3.8) is 0 Å². The minimum absolute atomic E-state index is 0.208. The van der Waals surface area contributed by atoms with Crippen LogP contribution >= 0.6 is 32.4 Å². The number of halogens is 2. The van der Waals surface area contributed by atoms with E-state index in [9.17, 15) is 4.79 Å². The van der Waals surface area contributed by atoms with Crippen LogP contribution in [0, 0.1) is 0 Å². The summed E-state index contributed by atoms with van der Waals surface area (Å²) in [7, 11) is 2.72. The highest BCUT2D eigenvalue weighted by Gasteiger charge is 2.29. The van der Waals surface area contributed by atoms with E-state index in [-0.39, 0.29) is 5.91 Å². The van der Waals surface area contributed by atoms with Gasteiger partial charge in [-0.1, -0.05) is 47.5 Å². The predicted octanol–water partition coefficient (Wildman–Crippen LogP) is 4.92. The topological polar surface area (TPSA) is 59.4 Å². The summed E-state index contributed by atoms with van der Waals surface area (Å²) in [4.78, 5) is 13.4. The summed E-state index contributed by atoms with van der Waals surface area (Å²) in [5, 5.41) is 8.90. The quantitative estimate of drug-likeness (QED) is 0.385. The molecule has 1 aliphatic heterocycles. The molecule has 2 aromatic carbocycles. The van der Waals surface area contributed by atoms with Gasteiger partial charge in [-0.15, -0.1) is 9.24 Å². The number of hydrogen-bond acceptors (Lipinski definition) is 4. The van der Waals surface area contributed by atoms with Gasteiger partial charge in [-0.25, -0.2) is 9.69 Å². The molecule has 5 rings (SSSR count). The van der Waals surface area contributed by atoms with Crippen LogP contribution in [0.1, 0.15) is 46.6 Å². The van der Waals surface area contributed by atoms with E-state index in [2.05, 4.69) is 45.0 Å². The van der Waals surface area contributed by atoms with Crippen LogP contribution in [-0.2, 0) is 11.2 Å². The molecule has 1 saturated heterocycles. The normalized spacial score (nSPS) is 17.7. The minimum atomic E-state index is -0.208. The highest BCUT2D eigenvalue weighted by Crippen LogP contribution is 2.36. The van der Waals surface area contributed by atoms with Gasteiger partial charge in [-0.2, -0.15) is 5.10 Å². The zero-order chi connectivity index (χ0) is 24.4. The van der Waals surface area contributed by atoms with E-state index in [1.807, 2.05) is 15.8 Å². The number of hydrazine groups is 1. The smallest absolute Gasteiger partial charge is 0.286 e. The van der Waals surface area contributed by atoms with Gasteiger partial charge < -0.3 is 4.74 Å². The van der Waals surface area contributed by atoms with Gasteiger partial charge in [0.1, 0.15) is 0 Å². The molecule has 6 nitrogen and oxygen atoms in total. The van der Waals surface area contributed by atoms with E-state index in [0.717, 1.165) is 53.4 Å². The summed E-state index contributed by atoms with van der Waals surface area (Å²) in [6, 6.07) is 13.7. The lowest BCUT2D eigenvalue weighted by Gasteiger charge is -2.26. The molecule has 9 heteroatoms. The van der Waals surface area contributed by atoms with Gasteiger partial charge in [0.25, 0.3) is 5.91 Å². The van der Waals surface area contributed by atoms with Crippen LogP contribution in [0.25, 0.3) is 17.3 Å². The first-order valence-corrected chi connectivity index (χ1v) is 13.1. The van der Waals surface area contributed by atoms with Crippen molar-refractivity contribution in [3.8, 4) is 5.69 Å². The lowest BCUT2D eigenvalue weighted by molar-refractivity contribution is 0.0124. The molecule has 0 saturated carbocycles. The number of ether oxygens (including phenoxy) is 1. The average molecular weight is 529 g/mol. The first-order chi connectivity index (χ1) is 17.0. The standard InChI is InChI=1S/C26H27Cl2N4O2P/c27-19-7-10-23(22(28)16-19)32-25-18(15-17-5-8-20(35)9-6-17)3-1-2-4-21(25)24(29-32)26(33)30-31-11-13-34-14-12-31/h5-10,15-16H,1-4,11-14,35H2,(H,30,33)/b18-15+. The second-order valence-corrected chi connectivity index (χ2v) is 10.3. The van der Waals surface area contributed by atoms with Crippen molar-refractivity contribution in [2.75, 3.05) is 26.3 Å². The van der Waals surface area contributed by atoms with E-state index in [1.165, 1.54) is 0 Å². The van der Waals surface area contributed by atoms with Crippen molar-refractivity contribution >= 4 is 55.3 Å². The fourth-order valence-electron chi connectivity index (χ4n) is 4.57. The van der Waals surface area contributed by atoms with Crippen LogP contribution in [0.5, 0.6) is 0 Å². The van der Waals surface area contributed by atoms with Crippen LogP contribution in [0.4, 0.5) is 0 Å². The van der Waals surface area contributed by atoms with Gasteiger partial charge in [0.2, 0.25) is 0 Å². The maximum atomic E-state index is 13.4. The second-order valence-electron chi connectivity index (χ2n) is 8.77. The zero-order valence-corrected chi connectivity index (χ0v) is 21.9. The molecule has 1 aromatic heterocycles. The molecule has 1 atom stereocenters. The summed E-state index contributed by atoms with van der Waals surface area (Å²) in [6.45, 7) is 2.48. The fourth-order valence-corrected chi connectivity index (χ4v) is 5.25. The second kappa shape index (κ2) is 10.8. The molecular formula is C26H27Cl2N4O2P. The molecule has 1 fully saturated rings. The van der Waals surface area contributed by atoms with Gasteiger partial charge in [-0.3, -0.25) is 10.2 Å². The van der Waals surface area contributed by atoms with Crippen LogP contribution in [0.3, 0.4) is 0 Å². The maximum absolute atomic E-state index is 13.4. The van der Waals surface area contributed by atoms with E-state index in [0.29, 0.717) is 47.7 Å². The highest BCUT2D eigenvalue weighted by molar-refractivity contribution is 7.27. The van der Waals surface area contributed by atoms with Crippen LogP contribution < -0.4 is 10.7 Å². The Balaban J connectivity index is 1.64. The van der Waals surface area contributed by atoms with Crippen LogP contribution in [-0.4, -0.2) is 47.0 Å². The van der Waals surface area contributed by atoms with Crippen molar-refractivity contribution < 1.29 is 9.53 Å². The number of nitrogens with one attached hydrogen (secondary N) is 1. The molecule has 1 unspecified atom stereocenters. The highest BCUT2D eigenvalue weighted by atomic mass is 35.5. The van der Waals surface area contributed by atoms with Crippen LogP contribution in [0.15, 0.2) is 42.5 Å². The Labute approximate surface area is 217 Å². The van der Waals surface area contributed by atoms with Crippen molar-refractivity contribution in [2.45, 2.75) is 25.7 Å². The number of benzene rings is 2. The number of morpholine rings is 1. The molecule has 3 aromatic rings. The lowest BCUT2D eigenvalue weighted by atomic mass is 10.0. The Morgan fingerprint density at radius 3 is 2.54 bits per heavy atom. The molecule has 1 aliphatic carbocycles. The SMILES string of the molecule is O=C(NN1CCOCC1)c1nn(-c2ccc(Cl)cc2Cl)c2c1CCCC/C2=C\c1ccc(P)cc1. The molecule has 0 spiro atoms. The summed E-state index contributed by atoms with van der Waals surface area (Å²) in [5.74, 6) is -0.208. The minimum Gasteiger partial charge on any atom is -0.379 e.